The van der Waals surface area contributed by atoms with Crippen LogP contribution in [0.5, 0.6) is 0 Å². The minimum absolute atomic E-state index is 0.0669. The Morgan fingerprint density at radius 3 is 2.08 bits per heavy atom. The Kier molecular flexibility index (Phi) is 8.66. The first-order valence-corrected chi connectivity index (χ1v) is 13.9. The average molecular weight is 370 g/mol. The van der Waals surface area contributed by atoms with E-state index < -0.39 is 17.6 Å². The van der Waals surface area contributed by atoms with Gasteiger partial charge in [-0.15, -0.1) is 0 Å². The number of nitrogens with zero attached hydrogens (tertiary/aromatic N) is 1. The lowest BCUT2D eigenvalue weighted by molar-refractivity contribution is 0.114. The second-order valence-corrected chi connectivity index (χ2v) is 13.6. The van der Waals surface area contributed by atoms with Crippen molar-refractivity contribution in [3.63, 3.8) is 0 Å². The predicted molar refractivity (Wildman–Crippen MR) is 108 cm³/mol. The van der Waals surface area contributed by atoms with Crippen molar-refractivity contribution in [1.82, 2.24) is 0 Å². The Labute approximate surface area is 151 Å². The van der Waals surface area contributed by atoms with Gasteiger partial charge in [-0.05, 0) is 39.3 Å². The van der Waals surface area contributed by atoms with Crippen molar-refractivity contribution in [2.24, 2.45) is 0 Å². The Morgan fingerprint density at radius 2 is 1.62 bits per heavy atom. The standard InChI is InChI=1S/C18H35NO3Si2/c1-18(2,3)19(17-12-9-8-10-13-17)14-11-15-24(20-4,21-5)22-16-23(6)7/h8-10,12-13,23H,11,14-16H2,1-7H3. The topological polar surface area (TPSA) is 30.9 Å². The van der Waals surface area contributed by atoms with Crippen molar-refractivity contribution in [2.45, 2.75) is 51.9 Å². The third-order valence-electron chi connectivity index (χ3n) is 4.00. The second kappa shape index (κ2) is 9.72. The maximum Gasteiger partial charge on any atom is 0.500 e. The van der Waals surface area contributed by atoms with Gasteiger partial charge in [0, 0.05) is 44.3 Å². The summed E-state index contributed by atoms with van der Waals surface area (Å²) >= 11 is 0. The summed E-state index contributed by atoms with van der Waals surface area (Å²) in [6, 6.07) is 11.4. The smallest absolute Gasteiger partial charge is 0.377 e. The molecule has 6 heteroatoms. The summed E-state index contributed by atoms with van der Waals surface area (Å²) in [5, 5.41) is 0. The quantitative estimate of drug-likeness (QED) is 0.584. The molecule has 24 heavy (non-hydrogen) atoms. The average Bonchev–Trinajstić information content (AvgIpc) is 2.54. The molecule has 0 aliphatic rings. The minimum atomic E-state index is -2.53. The fourth-order valence-electron chi connectivity index (χ4n) is 2.68. The van der Waals surface area contributed by atoms with Crippen LogP contribution in [0.15, 0.2) is 30.3 Å². The summed E-state index contributed by atoms with van der Waals surface area (Å²) in [4.78, 5) is 2.44. The molecule has 4 nitrogen and oxygen atoms in total. The van der Waals surface area contributed by atoms with Gasteiger partial charge in [0.2, 0.25) is 0 Å². The van der Waals surface area contributed by atoms with E-state index in [1.165, 1.54) is 5.69 Å². The lowest BCUT2D eigenvalue weighted by Gasteiger charge is -2.38. The molecule has 0 N–H and O–H groups in total. The number of rotatable bonds is 10. The van der Waals surface area contributed by atoms with Gasteiger partial charge < -0.3 is 18.2 Å². The third-order valence-corrected chi connectivity index (χ3v) is 7.98. The molecule has 0 radical (unpaired) electrons. The van der Waals surface area contributed by atoms with Crippen LogP contribution in [0.25, 0.3) is 0 Å². The normalized spacial score (nSPS) is 12.7. The molecule has 0 aromatic heterocycles. The predicted octanol–water partition coefficient (Wildman–Crippen LogP) is 3.96. The number of hydrogen-bond donors (Lipinski definition) is 0. The summed E-state index contributed by atoms with van der Waals surface area (Å²) in [5.41, 5.74) is 1.32. The molecule has 0 spiro atoms. The fraction of sp³-hybridized carbons (Fsp3) is 0.667. The maximum atomic E-state index is 6.10. The number of benzene rings is 1. The van der Waals surface area contributed by atoms with E-state index in [0.717, 1.165) is 25.2 Å². The molecule has 1 rings (SSSR count). The summed E-state index contributed by atoms with van der Waals surface area (Å²) in [5.74, 6) is 0. The zero-order valence-corrected chi connectivity index (χ0v) is 18.6. The Morgan fingerprint density at radius 1 is 1.04 bits per heavy atom. The van der Waals surface area contributed by atoms with Crippen molar-refractivity contribution >= 4 is 23.3 Å². The molecule has 0 aliphatic carbocycles. The number of anilines is 1. The molecule has 138 valence electrons. The molecule has 0 saturated carbocycles. The largest absolute Gasteiger partial charge is 0.500 e. The molecule has 0 bridgehead atoms. The first kappa shape index (κ1) is 21.4. The van der Waals surface area contributed by atoms with Crippen LogP contribution in [0.2, 0.25) is 19.1 Å². The lowest BCUT2D eigenvalue weighted by atomic mass is 10.0. The van der Waals surface area contributed by atoms with Gasteiger partial charge in [0.15, 0.2) is 0 Å². The van der Waals surface area contributed by atoms with Crippen molar-refractivity contribution in [3.8, 4) is 0 Å². The van der Waals surface area contributed by atoms with Crippen molar-refractivity contribution in [2.75, 3.05) is 31.9 Å². The summed E-state index contributed by atoms with van der Waals surface area (Å²) in [7, 11) is 0.126. The SMILES string of the molecule is CO[Si](CCCN(c1ccccc1)C(C)(C)C)(OC)OC[SiH](C)C. The zero-order chi connectivity index (χ0) is 18.2. The van der Waals surface area contributed by atoms with Gasteiger partial charge in [0.25, 0.3) is 0 Å². The van der Waals surface area contributed by atoms with Crippen LogP contribution >= 0.6 is 0 Å². The van der Waals surface area contributed by atoms with E-state index in [9.17, 15) is 0 Å². The fourth-order valence-corrected chi connectivity index (χ4v) is 6.58. The highest BCUT2D eigenvalue weighted by Gasteiger charge is 2.39. The minimum Gasteiger partial charge on any atom is -0.377 e. The van der Waals surface area contributed by atoms with Gasteiger partial charge in [0.1, 0.15) is 0 Å². The van der Waals surface area contributed by atoms with Gasteiger partial charge in [-0.25, -0.2) is 0 Å². The van der Waals surface area contributed by atoms with Gasteiger partial charge >= 0.3 is 8.80 Å². The Balaban J connectivity index is 2.72. The van der Waals surface area contributed by atoms with E-state index in [1.54, 1.807) is 14.2 Å². The molecule has 0 aliphatic heterocycles. The number of para-hydroxylation sites is 1. The van der Waals surface area contributed by atoms with Crippen LogP contribution in [0.3, 0.4) is 0 Å². The maximum absolute atomic E-state index is 6.10. The number of hydrogen-bond acceptors (Lipinski definition) is 4. The van der Waals surface area contributed by atoms with Gasteiger partial charge in [-0.1, -0.05) is 31.3 Å². The molecular formula is C18H35NO3Si2. The van der Waals surface area contributed by atoms with E-state index in [-0.39, 0.29) is 5.54 Å². The summed E-state index contributed by atoms with van der Waals surface area (Å²) in [6.07, 6.45) is 1.80. The van der Waals surface area contributed by atoms with Crippen molar-refractivity contribution in [1.29, 1.82) is 0 Å². The van der Waals surface area contributed by atoms with Crippen molar-refractivity contribution in [3.05, 3.63) is 30.3 Å². The molecular weight excluding hydrogens is 334 g/mol. The van der Waals surface area contributed by atoms with E-state index in [0.29, 0.717) is 0 Å². The van der Waals surface area contributed by atoms with Gasteiger partial charge in [-0.2, -0.15) is 0 Å². The highest BCUT2D eigenvalue weighted by Crippen LogP contribution is 2.25. The first-order chi connectivity index (χ1) is 11.2. The van der Waals surface area contributed by atoms with Crippen LogP contribution < -0.4 is 4.90 Å². The van der Waals surface area contributed by atoms with E-state index in [4.69, 9.17) is 13.3 Å². The molecule has 0 amide bonds. The Bertz CT molecular complexity index is 459. The van der Waals surface area contributed by atoms with Crippen LogP contribution in [0.1, 0.15) is 27.2 Å². The van der Waals surface area contributed by atoms with Crippen LogP contribution in [-0.2, 0) is 13.3 Å². The molecule has 0 saturated heterocycles. The summed E-state index contributed by atoms with van der Waals surface area (Å²) in [6.45, 7) is 12.3. The molecule has 1 aromatic carbocycles. The van der Waals surface area contributed by atoms with E-state index in [1.807, 2.05) is 0 Å². The molecule has 1 aromatic rings. The van der Waals surface area contributed by atoms with Gasteiger partial charge in [0.05, 0.1) is 8.80 Å². The molecule has 0 atom stereocenters. The van der Waals surface area contributed by atoms with E-state index >= 15 is 0 Å². The molecule has 0 unspecified atom stereocenters. The van der Waals surface area contributed by atoms with Crippen molar-refractivity contribution < 1.29 is 13.3 Å². The van der Waals surface area contributed by atoms with Crippen LogP contribution in [0, 0.1) is 0 Å². The molecule has 0 fully saturated rings. The second-order valence-electron chi connectivity index (χ2n) is 7.56. The van der Waals surface area contributed by atoms with Crippen LogP contribution in [-0.4, -0.2) is 50.1 Å². The van der Waals surface area contributed by atoms with Gasteiger partial charge in [-0.3, -0.25) is 0 Å². The first-order valence-electron chi connectivity index (χ1n) is 8.81. The van der Waals surface area contributed by atoms with Crippen LogP contribution in [0.4, 0.5) is 5.69 Å². The molecule has 0 heterocycles. The van der Waals surface area contributed by atoms with E-state index in [2.05, 4.69) is 69.1 Å². The highest BCUT2D eigenvalue weighted by atomic mass is 28.4. The summed E-state index contributed by atoms with van der Waals surface area (Å²) < 4.78 is 17.5. The Hall–Kier alpha value is -0.666. The highest BCUT2D eigenvalue weighted by molar-refractivity contribution is 6.63. The lowest BCUT2D eigenvalue weighted by Crippen LogP contribution is -2.47. The monoisotopic (exact) mass is 369 g/mol. The third kappa shape index (κ3) is 6.68. The zero-order valence-electron chi connectivity index (χ0n) is 16.5.